The topological polar surface area (TPSA) is 0 Å². The summed E-state index contributed by atoms with van der Waals surface area (Å²) < 4.78 is 2.15. The second-order valence-corrected chi connectivity index (χ2v) is 6.14. The summed E-state index contributed by atoms with van der Waals surface area (Å²) in [5, 5.41) is 0.844. The SMILES string of the molecule is C[N+]1(C)CC[N+](C)(c2cccc(Cl)c2)CC1. The van der Waals surface area contributed by atoms with Crippen molar-refractivity contribution < 1.29 is 4.48 Å². The van der Waals surface area contributed by atoms with Crippen LogP contribution in [0.4, 0.5) is 5.69 Å². The molecule has 0 radical (unpaired) electrons. The molecule has 1 saturated heterocycles. The lowest BCUT2D eigenvalue weighted by atomic mass is 10.2. The molecule has 1 heterocycles. The van der Waals surface area contributed by atoms with Gasteiger partial charge in [0, 0.05) is 11.1 Å². The molecule has 3 heteroatoms. The molecule has 1 aliphatic rings. The molecule has 1 aromatic rings. The molecule has 0 amide bonds. The predicted molar refractivity (Wildman–Crippen MR) is 70.7 cm³/mol. The minimum Gasteiger partial charge on any atom is -0.319 e. The summed E-state index contributed by atoms with van der Waals surface area (Å²) >= 11 is 6.07. The number of halogens is 1. The maximum atomic E-state index is 6.07. The molecule has 0 atom stereocenters. The fraction of sp³-hybridized carbons (Fsp3) is 0.538. The summed E-state index contributed by atoms with van der Waals surface area (Å²) in [6, 6.07) is 8.29. The third-order valence-electron chi connectivity index (χ3n) is 3.83. The molecule has 0 unspecified atom stereocenters. The molecule has 1 fully saturated rings. The van der Waals surface area contributed by atoms with E-state index in [9.17, 15) is 0 Å². The maximum absolute atomic E-state index is 6.07. The van der Waals surface area contributed by atoms with Gasteiger partial charge in [-0.3, -0.25) is 4.48 Å². The normalized spacial score (nSPS) is 23.0. The Morgan fingerprint density at radius 1 is 1.00 bits per heavy atom. The number of piperazine rings is 1. The maximum Gasteiger partial charge on any atom is 0.134 e. The van der Waals surface area contributed by atoms with Gasteiger partial charge in [0.15, 0.2) is 0 Å². The van der Waals surface area contributed by atoms with Gasteiger partial charge in [-0.25, -0.2) is 0 Å². The van der Waals surface area contributed by atoms with E-state index in [1.807, 2.05) is 6.07 Å². The molecule has 0 N–H and O–H groups in total. The van der Waals surface area contributed by atoms with E-state index in [1.54, 1.807) is 0 Å². The van der Waals surface area contributed by atoms with Crippen molar-refractivity contribution in [3.63, 3.8) is 0 Å². The highest BCUT2D eigenvalue weighted by atomic mass is 35.5. The van der Waals surface area contributed by atoms with Gasteiger partial charge in [0.25, 0.3) is 0 Å². The molecule has 1 aliphatic heterocycles. The first-order valence-corrected chi connectivity index (χ1v) is 6.22. The Morgan fingerprint density at radius 3 is 2.19 bits per heavy atom. The summed E-state index contributed by atoms with van der Waals surface area (Å²) in [5.74, 6) is 0. The summed E-state index contributed by atoms with van der Waals surface area (Å²) in [6.45, 7) is 4.83. The molecule has 88 valence electrons. The third-order valence-corrected chi connectivity index (χ3v) is 4.06. The monoisotopic (exact) mass is 240 g/mol. The van der Waals surface area contributed by atoms with Gasteiger partial charge in [-0.15, -0.1) is 0 Å². The Kier molecular flexibility index (Phi) is 2.99. The number of rotatable bonds is 1. The molecule has 2 rings (SSSR count). The highest BCUT2D eigenvalue weighted by Gasteiger charge is 2.36. The van der Waals surface area contributed by atoms with E-state index < -0.39 is 0 Å². The minimum atomic E-state index is 0.844. The smallest absolute Gasteiger partial charge is 0.134 e. The fourth-order valence-electron chi connectivity index (χ4n) is 2.28. The van der Waals surface area contributed by atoms with Crippen LogP contribution in [0.5, 0.6) is 0 Å². The van der Waals surface area contributed by atoms with E-state index in [2.05, 4.69) is 39.3 Å². The van der Waals surface area contributed by atoms with Crippen LogP contribution >= 0.6 is 11.6 Å². The summed E-state index contributed by atoms with van der Waals surface area (Å²) in [5.41, 5.74) is 1.34. The van der Waals surface area contributed by atoms with Crippen LogP contribution in [0.2, 0.25) is 5.02 Å². The van der Waals surface area contributed by atoms with Gasteiger partial charge < -0.3 is 4.48 Å². The first kappa shape index (κ1) is 11.9. The van der Waals surface area contributed by atoms with Gasteiger partial charge in [-0.1, -0.05) is 17.7 Å². The minimum absolute atomic E-state index is 0.844. The van der Waals surface area contributed by atoms with Crippen molar-refractivity contribution >= 4 is 17.3 Å². The first-order valence-electron chi connectivity index (χ1n) is 5.84. The second-order valence-electron chi connectivity index (χ2n) is 5.71. The Bertz CT molecular complexity index is 377. The molecule has 0 spiro atoms. The molecule has 0 aromatic heterocycles. The van der Waals surface area contributed by atoms with E-state index in [0.29, 0.717) is 0 Å². The van der Waals surface area contributed by atoms with E-state index in [1.165, 1.54) is 31.9 Å². The first-order chi connectivity index (χ1) is 7.41. The quantitative estimate of drug-likeness (QED) is 0.662. The van der Waals surface area contributed by atoms with Crippen LogP contribution in [-0.4, -0.2) is 51.8 Å². The van der Waals surface area contributed by atoms with Crippen molar-refractivity contribution in [2.24, 2.45) is 0 Å². The van der Waals surface area contributed by atoms with Gasteiger partial charge in [-0.05, 0) is 12.1 Å². The number of hydrogen-bond donors (Lipinski definition) is 0. The van der Waals surface area contributed by atoms with Crippen LogP contribution in [0, 0.1) is 0 Å². The molecule has 1 aromatic carbocycles. The average molecular weight is 241 g/mol. The molecular formula is C13H21ClN2+2. The second kappa shape index (κ2) is 4.02. The largest absolute Gasteiger partial charge is 0.319 e. The predicted octanol–water partition coefficient (Wildman–Crippen LogP) is 2.37. The molecule has 2 nitrogen and oxygen atoms in total. The molecule has 0 bridgehead atoms. The van der Waals surface area contributed by atoms with Crippen LogP contribution in [0.3, 0.4) is 0 Å². The number of hydrogen-bond acceptors (Lipinski definition) is 0. The Labute approximate surface area is 103 Å². The number of benzene rings is 1. The lowest BCUT2D eigenvalue weighted by Gasteiger charge is -2.44. The van der Waals surface area contributed by atoms with E-state index >= 15 is 0 Å². The number of likely N-dealkylation sites (N-methyl/N-ethyl adjacent to an activating group) is 2. The van der Waals surface area contributed by atoms with E-state index in [4.69, 9.17) is 11.6 Å². The van der Waals surface area contributed by atoms with Gasteiger partial charge in [-0.2, -0.15) is 0 Å². The molecule has 0 aliphatic carbocycles. The van der Waals surface area contributed by atoms with E-state index in [-0.39, 0.29) is 0 Å². The summed E-state index contributed by atoms with van der Waals surface area (Å²) in [4.78, 5) is 0. The van der Waals surface area contributed by atoms with Crippen LogP contribution < -0.4 is 4.48 Å². The summed E-state index contributed by atoms with van der Waals surface area (Å²) in [7, 11) is 6.92. The molecular weight excluding hydrogens is 220 g/mol. The van der Waals surface area contributed by atoms with Crippen molar-refractivity contribution in [2.45, 2.75) is 0 Å². The zero-order chi connectivity index (χ0) is 11.8. The molecule has 0 saturated carbocycles. The summed E-state index contributed by atoms with van der Waals surface area (Å²) in [6.07, 6.45) is 0. The van der Waals surface area contributed by atoms with Crippen LogP contribution in [0.1, 0.15) is 0 Å². The lowest BCUT2D eigenvalue weighted by Crippen LogP contribution is -2.63. The van der Waals surface area contributed by atoms with E-state index in [0.717, 1.165) is 14.0 Å². The van der Waals surface area contributed by atoms with Crippen LogP contribution in [0.15, 0.2) is 24.3 Å². The number of nitrogens with zero attached hydrogens (tertiary/aromatic N) is 2. The average Bonchev–Trinajstić information content (AvgIpc) is 2.23. The Balaban J connectivity index is 2.21. The van der Waals surface area contributed by atoms with Crippen molar-refractivity contribution in [3.05, 3.63) is 29.3 Å². The molecule has 16 heavy (non-hydrogen) atoms. The Morgan fingerprint density at radius 2 is 1.62 bits per heavy atom. The zero-order valence-electron chi connectivity index (χ0n) is 10.4. The van der Waals surface area contributed by atoms with Gasteiger partial charge in [0.05, 0.1) is 21.1 Å². The Hall–Kier alpha value is -0.570. The van der Waals surface area contributed by atoms with Crippen molar-refractivity contribution in [2.75, 3.05) is 47.3 Å². The van der Waals surface area contributed by atoms with Crippen LogP contribution in [-0.2, 0) is 0 Å². The zero-order valence-corrected chi connectivity index (χ0v) is 11.2. The van der Waals surface area contributed by atoms with Crippen molar-refractivity contribution in [1.29, 1.82) is 0 Å². The highest BCUT2D eigenvalue weighted by Crippen LogP contribution is 2.26. The van der Waals surface area contributed by atoms with Gasteiger partial charge >= 0.3 is 0 Å². The number of quaternary nitrogens is 2. The third kappa shape index (κ3) is 2.40. The standard InChI is InChI=1S/C13H21ClN2/c1-15(2)7-9-16(3,10-8-15)13-6-4-5-12(14)11-13/h4-6,11H,7-10H2,1-3H3/q+2. The van der Waals surface area contributed by atoms with Crippen molar-refractivity contribution in [1.82, 2.24) is 4.48 Å². The van der Waals surface area contributed by atoms with Crippen LogP contribution in [0.25, 0.3) is 0 Å². The van der Waals surface area contributed by atoms with Crippen molar-refractivity contribution in [3.8, 4) is 0 Å². The highest BCUT2D eigenvalue weighted by molar-refractivity contribution is 6.30. The lowest BCUT2D eigenvalue weighted by molar-refractivity contribution is -0.894. The fourth-order valence-corrected chi connectivity index (χ4v) is 2.46. The van der Waals surface area contributed by atoms with Gasteiger partial charge in [0.2, 0.25) is 0 Å². The van der Waals surface area contributed by atoms with Gasteiger partial charge in [0.1, 0.15) is 31.9 Å².